The summed E-state index contributed by atoms with van der Waals surface area (Å²) in [4.78, 5) is 31.1. The molecule has 6 N–H and O–H groups in total. The van der Waals surface area contributed by atoms with Gasteiger partial charge in [-0.2, -0.15) is 0 Å². The highest BCUT2D eigenvalue weighted by Gasteiger charge is 2.45. The number of rotatable bonds is 13. The van der Waals surface area contributed by atoms with Crippen LogP contribution in [-0.2, 0) is 9.59 Å². The van der Waals surface area contributed by atoms with Crippen molar-refractivity contribution >= 4 is 11.9 Å². The van der Waals surface area contributed by atoms with Gasteiger partial charge in [-0.1, -0.05) is 30.3 Å². The van der Waals surface area contributed by atoms with E-state index in [1.54, 1.807) is 60.9 Å². The number of benzene rings is 2. The SMILES string of the molecule is CCOc1ccc([C@@H](N)CO)cn1.CCOc1ccc([C@H](CO)NC(=O)[C@H]2C[C@@H]2c2ccc(F)cc2)cn1.O=C(O)[C@H]1C[C@@H]1c1ccc(F)cc1. The number of carbonyl (C=O) groups is 2. The number of halogens is 2. The first-order chi connectivity index (χ1) is 24.6. The average molecular weight is 707 g/mol. The van der Waals surface area contributed by atoms with Crippen LogP contribution in [0.1, 0.15) is 72.9 Å². The number of pyridine rings is 2. The number of carboxylic acids is 1. The number of carboxylic acid groups (broad SMARTS) is 1. The first-order valence-corrected chi connectivity index (χ1v) is 16.8. The van der Waals surface area contributed by atoms with Gasteiger partial charge in [0.15, 0.2) is 0 Å². The number of nitrogens with two attached hydrogens (primary N) is 1. The van der Waals surface area contributed by atoms with Gasteiger partial charge in [-0.05, 0) is 91.1 Å². The van der Waals surface area contributed by atoms with Crippen molar-refractivity contribution < 1.29 is 43.2 Å². The van der Waals surface area contributed by atoms with E-state index in [1.165, 1.54) is 24.3 Å². The maximum absolute atomic E-state index is 13.0. The third-order valence-electron chi connectivity index (χ3n) is 8.46. The summed E-state index contributed by atoms with van der Waals surface area (Å²) < 4.78 is 35.9. The molecule has 13 heteroatoms. The van der Waals surface area contributed by atoms with Gasteiger partial charge in [0.05, 0.1) is 44.4 Å². The molecule has 1 amide bonds. The Morgan fingerprint density at radius 1 is 0.765 bits per heavy atom. The Hall–Kier alpha value is -4.98. The van der Waals surface area contributed by atoms with Gasteiger partial charge < -0.3 is 35.8 Å². The monoisotopic (exact) mass is 706 g/mol. The van der Waals surface area contributed by atoms with Crippen LogP contribution in [-0.4, -0.2) is 63.6 Å². The van der Waals surface area contributed by atoms with Crippen LogP contribution in [0.25, 0.3) is 0 Å². The predicted molar refractivity (Wildman–Crippen MR) is 185 cm³/mol. The number of hydrogen-bond donors (Lipinski definition) is 5. The highest BCUT2D eigenvalue weighted by molar-refractivity contribution is 5.83. The lowest BCUT2D eigenvalue weighted by Crippen LogP contribution is -2.32. The van der Waals surface area contributed by atoms with Crippen molar-refractivity contribution in [3.05, 3.63) is 119 Å². The summed E-state index contributed by atoms with van der Waals surface area (Å²) >= 11 is 0. The smallest absolute Gasteiger partial charge is 0.307 e. The Labute approximate surface area is 295 Å². The fourth-order valence-electron chi connectivity index (χ4n) is 5.40. The van der Waals surface area contributed by atoms with E-state index in [0.717, 1.165) is 28.7 Å². The number of nitrogens with zero attached hydrogens (tertiary/aromatic N) is 2. The Morgan fingerprint density at radius 3 is 1.63 bits per heavy atom. The summed E-state index contributed by atoms with van der Waals surface area (Å²) in [6.07, 6.45) is 4.63. The second-order valence-corrected chi connectivity index (χ2v) is 12.1. The minimum atomic E-state index is -0.755. The summed E-state index contributed by atoms with van der Waals surface area (Å²) in [7, 11) is 0. The Bertz CT molecular complexity index is 1680. The molecule has 2 heterocycles. The number of aliphatic hydroxyl groups excluding tert-OH is 2. The maximum atomic E-state index is 13.0. The predicted octanol–water partition coefficient (Wildman–Crippen LogP) is 5.06. The van der Waals surface area contributed by atoms with Crippen LogP contribution in [0, 0.1) is 23.5 Å². The molecule has 0 bridgehead atoms. The van der Waals surface area contributed by atoms with Crippen LogP contribution in [0.4, 0.5) is 8.78 Å². The fourth-order valence-corrected chi connectivity index (χ4v) is 5.40. The Balaban J connectivity index is 0.000000189. The van der Waals surface area contributed by atoms with Gasteiger partial charge in [0.2, 0.25) is 17.7 Å². The largest absolute Gasteiger partial charge is 0.481 e. The molecule has 2 fully saturated rings. The Kier molecular flexibility index (Phi) is 14.4. The number of carbonyl (C=O) groups excluding carboxylic acids is 1. The van der Waals surface area contributed by atoms with E-state index < -0.39 is 12.0 Å². The topological polar surface area (TPSA) is 177 Å². The lowest BCUT2D eigenvalue weighted by atomic mass is 10.1. The van der Waals surface area contributed by atoms with Gasteiger partial charge in [-0.25, -0.2) is 18.7 Å². The zero-order valence-corrected chi connectivity index (χ0v) is 28.5. The molecular weight excluding hydrogens is 662 g/mol. The number of ether oxygens (including phenoxy) is 2. The van der Waals surface area contributed by atoms with Gasteiger partial charge in [0.25, 0.3) is 0 Å². The van der Waals surface area contributed by atoms with Crippen molar-refractivity contribution in [1.82, 2.24) is 15.3 Å². The first kappa shape index (κ1) is 38.8. The molecule has 6 atom stereocenters. The van der Waals surface area contributed by atoms with Gasteiger partial charge in [-0.3, -0.25) is 9.59 Å². The molecule has 0 unspecified atom stereocenters. The number of hydrogen-bond acceptors (Lipinski definition) is 9. The van der Waals surface area contributed by atoms with Crippen LogP contribution >= 0.6 is 0 Å². The van der Waals surface area contributed by atoms with Crippen molar-refractivity contribution in [3.8, 4) is 11.8 Å². The lowest BCUT2D eigenvalue weighted by molar-refractivity contribution is -0.138. The highest BCUT2D eigenvalue weighted by Crippen LogP contribution is 2.48. The molecule has 2 aliphatic rings. The van der Waals surface area contributed by atoms with E-state index in [-0.39, 0.29) is 60.5 Å². The molecule has 0 spiro atoms. The zero-order valence-electron chi connectivity index (χ0n) is 28.5. The molecule has 51 heavy (non-hydrogen) atoms. The molecule has 0 aliphatic heterocycles. The first-order valence-electron chi connectivity index (χ1n) is 16.8. The molecule has 4 aromatic rings. The summed E-state index contributed by atoms with van der Waals surface area (Å²) in [6.45, 7) is 4.61. The van der Waals surface area contributed by atoms with E-state index >= 15 is 0 Å². The number of aliphatic carboxylic acids is 1. The summed E-state index contributed by atoms with van der Waals surface area (Å²) in [5.41, 5.74) is 9.01. The van der Waals surface area contributed by atoms with Crippen LogP contribution in [0.15, 0.2) is 85.2 Å². The highest BCUT2D eigenvalue weighted by atomic mass is 19.1. The molecule has 11 nitrogen and oxygen atoms in total. The molecule has 2 aromatic carbocycles. The third-order valence-corrected chi connectivity index (χ3v) is 8.46. The van der Waals surface area contributed by atoms with Crippen molar-refractivity contribution in [2.75, 3.05) is 26.4 Å². The van der Waals surface area contributed by atoms with Gasteiger partial charge in [-0.15, -0.1) is 0 Å². The van der Waals surface area contributed by atoms with Crippen molar-refractivity contribution in [1.29, 1.82) is 0 Å². The second-order valence-electron chi connectivity index (χ2n) is 12.1. The molecule has 2 saturated carbocycles. The minimum absolute atomic E-state index is 0.0737. The number of nitrogens with one attached hydrogen (secondary N) is 1. The van der Waals surface area contributed by atoms with E-state index in [0.29, 0.717) is 31.4 Å². The zero-order chi connectivity index (χ0) is 36.9. The van der Waals surface area contributed by atoms with Crippen molar-refractivity contribution in [2.45, 2.75) is 50.6 Å². The molecule has 272 valence electrons. The molecule has 0 radical (unpaired) electrons. The van der Waals surface area contributed by atoms with Crippen molar-refractivity contribution in [3.63, 3.8) is 0 Å². The van der Waals surface area contributed by atoms with Crippen molar-refractivity contribution in [2.24, 2.45) is 17.6 Å². The number of amides is 1. The number of aliphatic hydroxyl groups is 2. The molecule has 2 aromatic heterocycles. The average Bonchev–Trinajstić information content (AvgIpc) is 4.08. The Morgan fingerprint density at radius 2 is 1.24 bits per heavy atom. The van der Waals surface area contributed by atoms with Crippen LogP contribution < -0.4 is 20.5 Å². The standard InChI is InChI=1S/C19H21FN2O3.C10H9FO2.C9H14N2O2/c1-2-25-18-8-5-13(10-21-18)17(11-23)22-19(24)16-9-15(16)12-3-6-14(20)7-4-12;11-7-3-1-6(2-4-7)8-5-9(8)10(12)13;1-2-13-9-4-3-7(5-11-9)8(10)6-12/h3-8,10,15-17,23H,2,9,11H2,1H3,(H,22,24);1-4,8-9H,5H2,(H,12,13);3-5,8,12H,2,6,10H2,1H3/t15-,16+,17+;8-,9+;8-/m110/s1. The normalized spacial score (nSPS) is 19.5. The molecule has 0 saturated heterocycles. The van der Waals surface area contributed by atoms with E-state index in [2.05, 4.69) is 15.3 Å². The lowest BCUT2D eigenvalue weighted by Gasteiger charge is -2.17. The number of aromatic nitrogens is 2. The maximum Gasteiger partial charge on any atom is 0.307 e. The second kappa shape index (κ2) is 18.9. The van der Waals surface area contributed by atoms with Crippen LogP contribution in [0.2, 0.25) is 0 Å². The quantitative estimate of drug-likeness (QED) is 0.126. The summed E-state index contributed by atoms with van der Waals surface area (Å²) in [5.74, 6) is -0.539. The molecule has 2 aliphatic carbocycles. The summed E-state index contributed by atoms with van der Waals surface area (Å²) in [6, 6.07) is 18.5. The van der Waals surface area contributed by atoms with Gasteiger partial charge in [0.1, 0.15) is 11.6 Å². The minimum Gasteiger partial charge on any atom is -0.481 e. The van der Waals surface area contributed by atoms with E-state index in [9.17, 15) is 23.5 Å². The fraction of sp³-hybridized carbons (Fsp3) is 0.368. The molecular formula is C38H44F2N4O7. The van der Waals surface area contributed by atoms with Crippen LogP contribution in [0.5, 0.6) is 11.8 Å². The third kappa shape index (κ3) is 11.5. The van der Waals surface area contributed by atoms with Crippen LogP contribution in [0.3, 0.4) is 0 Å². The van der Waals surface area contributed by atoms with E-state index in [1.807, 2.05) is 13.8 Å². The van der Waals surface area contributed by atoms with Gasteiger partial charge in [0, 0.05) is 30.4 Å². The summed E-state index contributed by atoms with van der Waals surface area (Å²) in [5, 5.41) is 29.9. The van der Waals surface area contributed by atoms with Gasteiger partial charge >= 0.3 is 5.97 Å². The van der Waals surface area contributed by atoms with E-state index in [4.69, 9.17) is 25.4 Å². The molecule has 6 rings (SSSR count).